The summed E-state index contributed by atoms with van der Waals surface area (Å²) in [6.45, 7) is 0. The van der Waals surface area contributed by atoms with Crippen molar-refractivity contribution in [3.8, 4) is 6.07 Å². The zero-order valence-corrected chi connectivity index (χ0v) is 15.1. The molecule has 0 radical (unpaired) electrons. The molecule has 0 aliphatic heterocycles. The molecule has 2 aromatic heterocycles. The Morgan fingerprint density at radius 2 is 2.15 bits per heavy atom. The number of ketones is 1. The molecule has 0 bridgehead atoms. The van der Waals surface area contributed by atoms with Crippen molar-refractivity contribution in [3.05, 3.63) is 30.0 Å². The predicted molar refractivity (Wildman–Crippen MR) is 103 cm³/mol. The van der Waals surface area contributed by atoms with Gasteiger partial charge in [-0.05, 0) is 55.4 Å². The lowest BCUT2D eigenvalue weighted by molar-refractivity contribution is -0.123. The van der Waals surface area contributed by atoms with Crippen molar-refractivity contribution in [1.29, 1.82) is 5.26 Å². The second kappa shape index (κ2) is 7.36. The number of H-pyrrole nitrogens is 1. The molecule has 0 spiro atoms. The van der Waals surface area contributed by atoms with Gasteiger partial charge in [0, 0.05) is 36.3 Å². The van der Waals surface area contributed by atoms with Crippen LogP contribution < -0.4 is 5.32 Å². The number of carbonyl (C=O) groups is 2. The van der Waals surface area contributed by atoms with Gasteiger partial charge in [0.05, 0.1) is 6.07 Å². The van der Waals surface area contributed by atoms with E-state index in [9.17, 15) is 9.59 Å². The van der Waals surface area contributed by atoms with E-state index in [2.05, 4.69) is 21.4 Å². The third kappa shape index (κ3) is 3.77. The third-order valence-corrected chi connectivity index (χ3v) is 5.42. The van der Waals surface area contributed by atoms with Gasteiger partial charge in [-0.25, -0.2) is 4.98 Å². The summed E-state index contributed by atoms with van der Waals surface area (Å²) < 4.78 is 0. The van der Waals surface area contributed by atoms with Gasteiger partial charge in [-0.3, -0.25) is 9.59 Å². The molecular formula is C21H22N4O2. The van der Waals surface area contributed by atoms with Crippen LogP contribution in [0.2, 0.25) is 0 Å². The number of hydrogen-bond donors (Lipinski definition) is 2. The molecule has 2 aliphatic carbocycles. The van der Waals surface area contributed by atoms with Crippen molar-refractivity contribution in [1.82, 2.24) is 9.97 Å². The highest BCUT2D eigenvalue weighted by Gasteiger charge is 2.30. The molecule has 2 aliphatic rings. The van der Waals surface area contributed by atoms with E-state index in [1.54, 1.807) is 0 Å². The van der Waals surface area contributed by atoms with Crippen molar-refractivity contribution < 1.29 is 9.59 Å². The van der Waals surface area contributed by atoms with E-state index in [1.807, 2.05) is 24.4 Å². The Labute approximate surface area is 157 Å². The molecule has 6 heteroatoms. The quantitative estimate of drug-likeness (QED) is 0.812. The van der Waals surface area contributed by atoms with Crippen molar-refractivity contribution >= 4 is 34.1 Å². The fourth-order valence-electron chi connectivity index (χ4n) is 3.70. The molecule has 0 saturated heterocycles. The molecule has 0 aromatic carbocycles. The van der Waals surface area contributed by atoms with Gasteiger partial charge in [-0.2, -0.15) is 5.26 Å². The highest BCUT2D eigenvalue weighted by molar-refractivity contribution is 5.97. The molecular weight excluding hydrogens is 340 g/mol. The first kappa shape index (κ1) is 17.5. The van der Waals surface area contributed by atoms with Gasteiger partial charge in [0.1, 0.15) is 17.2 Å². The lowest BCUT2D eigenvalue weighted by atomic mass is 9.83. The van der Waals surface area contributed by atoms with Gasteiger partial charge < -0.3 is 10.3 Å². The lowest BCUT2D eigenvalue weighted by Gasteiger charge is -2.21. The van der Waals surface area contributed by atoms with E-state index in [0.29, 0.717) is 25.1 Å². The number of hydrogen-bond acceptors (Lipinski definition) is 4. The molecule has 1 fully saturated rings. The first-order valence-corrected chi connectivity index (χ1v) is 9.54. The SMILES string of the molecule is N#CCCC(=O)C1CC=C(c2cc(NC(=O)C3CC3)nc3[nH]ccc23)CC1. The fourth-order valence-corrected chi connectivity index (χ4v) is 3.70. The highest BCUT2D eigenvalue weighted by atomic mass is 16.2. The molecule has 4 rings (SSSR count). The number of aromatic amines is 1. The minimum atomic E-state index is 0.0136. The topological polar surface area (TPSA) is 98.6 Å². The number of nitrogens with zero attached hydrogens (tertiary/aromatic N) is 2. The van der Waals surface area contributed by atoms with E-state index in [0.717, 1.165) is 42.3 Å². The summed E-state index contributed by atoms with van der Waals surface area (Å²) in [7, 11) is 0. The number of aromatic nitrogens is 2. The minimum Gasteiger partial charge on any atom is -0.346 e. The molecule has 1 amide bonds. The van der Waals surface area contributed by atoms with Crippen molar-refractivity contribution in [3.63, 3.8) is 0 Å². The molecule has 1 saturated carbocycles. The Hall–Kier alpha value is -2.94. The van der Waals surface area contributed by atoms with Gasteiger partial charge >= 0.3 is 0 Å². The Bertz CT molecular complexity index is 962. The van der Waals surface area contributed by atoms with Crippen molar-refractivity contribution in [2.75, 3.05) is 5.32 Å². The summed E-state index contributed by atoms with van der Waals surface area (Å²) >= 11 is 0. The first-order chi connectivity index (χ1) is 13.2. The summed E-state index contributed by atoms with van der Waals surface area (Å²) in [6, 6.07) is 5.98. The number of pyridine rings is 1. The molecule has 2 heterocycles. The molecule has 1 atom stereocenters. The highest BCUT2D eigenvalue weighted by Crippen LogP contribution is 2.36. The van der Waals surface area contributed by atoms with Crippen LogP contribution in [0.1, 0.15) is 50.5 Å². The maximum absolute atomic E-state index is 12.2. The molecule has 1 unspecified atom stereocenters. The predicted octanol–water partition coefficient (Wildman–Crippen LogP) is 3.97. The zero-order valence-electron chi connectivity index (χ0n) is 15.1. The van der Waals surface area contributed by atoms with Crippen LogP contribution in [0.5, 0.6) is 0 Å². The Morgan fingerprint density at radius 3 is 2.85 bits per heavy atom. The summed E-state index contributed by atoms with van der Waals surface area (Å²) in [4.78, 5) is 31.9. The molecule has 6 nitrogen and oxygen atoms in total. The molecule has 2 N–H and O–H groups in total. The number of Topliss-reactive ketones (excluding diaryl/α,β-unsaturated/α-hetero) is 1. The van der Waals surface area contributed by atoms with Crippen LogP contribution in [0.15, 0.2) is 24.4 Å². The summed E-state index contributed by atoms with van der Waals surface area (Å²) in [5.41, 5.74) is 3.01. The van der Waals surface area contributed by atoms with Gasteiger partial charge in [-0.1, -0.05) is 6.08 Å². The zero-order chi connectivity index (χ0) is 18.8. The maximum atomic E-state index is 12.2. The Kier molecular flexibility index (Phi) is 4.76. The van der Waals surface area contributed by atoms with Gasteiger partial charge in [0.15, 0.2) is 0 Å². The second-order valence-corrected chi connectivity index (χ2v) is 7.38. The number of amides is 1. The van der Waals surface area contributed by atoms with Crippen LogP contribution in [0.25, 0.3) is 16.6 Å². The van der Waals surface area contributed by atoms with Gasteiger partial charge in [0.2, 0.25) is 5.91 Å². The molecule has 2 aromatic rings. The number of nitriles is 1. The molecule has 27 heavy (non-hydrogen) atoms. The van der Waals surface area contributed by atoms with Crippen LogP contribution >= 0.6 is 0 Å². The van der Waals surface area contributed by atoms with E-state index >= 15 is 0 Å². The summed E-state index contributed by atoms with van der Waals surface area (Å²) in [5.74, 6) is 0.944. The van der Waals surface area contributed by atoms with E-state index in [-0.39, 0.29) is 23.5 Å². The van der Waals surface area contributed by atoms with E-state index < -0.39 is 0 Å². The maximum Gasteiger partial charge on any atom is 0.228 e. The van der Waals surface area contributed by atoms with Crippen LogP contribution in [-0.4, -0.2) is 21.7 Å². The fraction of sp³-hybridized carbons (Fsp3) is 0.429. The summed E-state index contributed by atoms with van der Waals surface area (Å²) in [5, 5.41) is 12.6. The Morgan fingerprint density at radius 1 is 1.30 bits per heavy atom. The normalized spacial score (nSPS) is 19.4. The largest absolute Gasteiger partial charge is 0.346 e. The minimum absolute atomic E-state index is 0.0136. The number of fused-ring (bicyclic) bond motifs is 1. The number of anilines is 1. The second-order valence-electron chi connectivity index (χ2n) is 7.38. The third-order valence-electron chi connectivity index (χ3n) is 5.42. The monoisotopic (exact) mass is 362 g/mol. The van der Waals surface area contributed by atoms with Crippen LogP contribution in [0.3, 0.4) is 0 Å². The van der Waals surface area contributed by atoms with Crippen LogP contribution in [0, 0.1) is 23.2 Å². The number of nitrogens with one attached hydrogen (secondary N) is 2. The first-order valence-electron chi connectivity index (χ1n) is 9.54. The van der Waals surface area contributed by atoms with E-state index in [1.165, 1.54) is 5.57 Å². The smallest absolute Gasteiger partial charge is 0.228 e. The number of allylic oxidation sites excluding steroid dienone is 2. The number of rotatable bonds is 6. The number of carbonyl (C=O) groups excluding carboxylic acids is 2. The van der Waals surface area contributed by atoms with Crippen LogP contribution in [-0.2, 0) is 9.59 Å². The Balaban J connectivity index is 1.56. The van der Waals surface area contributed by atoms with E-state index in [4.69, 9.17) is 5.26 Å². The molecule has 138 valence electrons. The average Bonchev–Trinajstić information content (AvgIpc) is 3.44. The van der Waals surface area contributed by atoms with Crippen molar-refractivity contribution in [2.45, 2.75) is 44.9 Å². The lowest BCUT2D eigenvalue weighted by Crippen LogP contribution is -2.17. The summed E-state index contributed by atoms with van der Waals surface area (Å²) in [6.07, 6.45) is 8.85. The van der Waals surface area contributed by atoms with Crippen LogP contribution in [0.4, 0.5) is 5.82 Å². The average molecular weight is 362 g/mol. The van der Waals surface area contributed by atoms with Gasteiger partial charge in [-0.15, -0.1) is 0 Å². The van der Waals surface area contributed by atoms with Gasteiger partial charge in [0.25, 0.3) is 0 Å². The van der Waals surface area contributed by atoms with Crippen molar-refractivity contribution in [2.24, 2.45) is 11.8 Å². The standard InChI is InChI=1S/C21H22N4O2/c22-10-1-2-18(26)14-5-3-13(4-6-14)17-12-19(25-21(27)15-7-8-15)24-20-16(17)9-11-23-20/h3,9,11-12,14-15H,1-2,4-8H2,(H2,23,24,25,27).